The molecule has 0 aromatic heterocycles. The number of hydrogen-bond donors (Lipinski definition) is 2. The summed E-state index contributed by atoms with van der Waals surface area (Å²) in [5.41, 5.74) is 6.82. The third-order valence-corrected chi connectivity index (χ3v) is 4.59. The van der Waals surface area contributed by atoms with Crippen molar-refractivity contribution < 1.29 is 14.2 Å². The molecule has 2 aliphatic rings. The molecule has 1 heterocycles. The van der Waals surface area contributed by atoms with E-state index in [0.29, 0.717) is 19.1 Å². The average molecular weight is 461 g/mol. The predicted octanol–water partition coefficient (Wildman–Crippen LogP) is 3.51. The lowest BCUT2D eigenvalue weighted by Gasteiger charge is -2.26. The van der Waals surface area contributed by atoms with Crippen LogP contribution in [0.15, 0.2) is 29.3 Å². The number of nitrogens with two attached hydrogens (primary N) is 1. The minimum atomic E-state index is -0.369. The first-order valence-electron chi connectivity index (χ1n) is 8.72. The smallest absolute Gasteiger partial charge is 0.193 e. The molecule has 7 heteroatoms. The van der Waals surface area contributed by atoms with Gasteiger partial charge in [0.15, 0.2) is 11.7 Å². The van der Waals surface area contributed by atoms with E-state index in [4.69, 9.17) is 19.9 Å². The van der Waals surface area contributed by atoms with Gasteiger partial charge in [0.05, 0.1) is 20.3 Å². The van der Waals surface area contributed by atoms with Crippen molar-refractivity contribution in [2.24, 2.45) is 10.7 Å². The highest BCUT2D eigenvalue weighted by molar-refractivity contribution is 14.0. The fourth-order valence-corrected chi connectivity index (χ4v) is 3.32. The van der Waals surface area contributed by atoms with Crippen molar-refractivity contribution in [1.29, 1.82) is 0 Å². The second-order valence-corrected chi connectivity index (χ2v) is 6.46. The van der Waals surface area contributed by atoms with Gasteiger partial charge in [0.2, 0.25) is 0 Å². The van der Waals surface area contributed by atoms with Crippen molar-refractivity contribution in [2.45, 2.75) is 50.4 Å². The highest BCUT2D eigenvalue weighted by Crippen LogP contribution is 2.36. The van der Waals surface area contributed by atoms with Gasteiger partial charge in [-0.15, -0.1) is 24.0 Å². The number of rotatable bonds is 4. The first-order chi connectivity index (χ1) is 11.7. The number of ether oxygens (including phenoxy) is 3. The molecule has 25 heavy (non-hydrogen) atoms. The summed E-state index contributed by atoms with van der Waals surface area (Å²) in [6.45, 7) is 1.10. The van der Waals surface area contributed by atoms with Crippen molar-refractivity contribution in [2.75, 3.05) is 25.6 Å². The minimum absolute atomic E-state index is 0. The van der Waals surface area contributed by atoms with Crippen molar-refractivity contribution in [3.05, 3.63) is 24.3 Å². The maximum absolute atomic E-state index is 6.17. The zero-order valence-electron chi connectivity index (χ0n) is 14.7. The monoisotopic (exact) mass is 461 g/mol. The van der Waals surface area contributed by atoms with E-state index < -0.39 is 0 Å². The topological polar surface area (TPSA) is 78.1 Å². The summed E-state index contributed by atoms with van der Waals surface area (Å²) in [7, 11) is 1.64. The normalized spacial score (nSPS) is 22.9. The Morgan fingerprint density at radius 2 is 2.08 bits per heavy atom. The molecule has 1 aromatic carbocycles. The summed E-state index contributed by atoms with van der Waals surface area (Å²) < 4.78 is 17.4. The molecule has 6 nitrogen and oxygen atoms in total. The highest BCUT2D eigenvalue weighted by atomic mass is 127. The van der Waals surface area contributed by atoms with E-state index in [1.807, 2.05) is 24.3 Å². The third kappa shape index (κ3) is 5.72. The van der Waals surface area contributed by atoms with Crippen LogP contribution in [0, 0.1) is 0 Å². The molecule has 1 unspecified atom stereocenters. The highest BCUT2D eigenvalue weighted by Gasteiger charge is 2.41. The summed E-state index contributed by atoms with van der Waals surface area (Å²) in [6, 6.07) is 7.57. The Bertz CT molecular complexity index is 574. The molecule has 1 aliphatic carbocycles. The molecule has 1 saturated carbocycles. The molecule has 1 saturated heterocycles. The number of hydrogen-bond acceptors (Lipinski definition) is 4. The second kappa shape index (κ2) is 9.59. The molecule has 0 amide bonds. The van der Waals surface area contributed by atoms with Gasteiger partial charge >= 0.3 is 0 Å². The summed E-state index contributed by atoms with van der Waals surface area (Å²) in [5.74, 6) is 0.773. The molecule has 0 radical (unpaired) electrons. The molecule has 3 rings (SSSR count). The largest absolute Gasteiger partial charge is 0.497 e. The SMILES string of the molecule is COc1cccc(NC(N)=NCC2COC3(CCCCCC3)O2)c1.I. The van der Waals surface area contributed by atoms with Crippen LogP contribution < -0.4 is 15.8 Å². The lowest BCUT2D eigenvalue weighted by Crippen LogP contribution is -2.31. The zero-order chi connectivity index (χ0) is 16.8. The van der Waals surface area contributed by atoms with Gasteiger partial charge in [-0.3, -0.25) is 4.99 Å². The van der Waals surface area contributed by atoms with Crippen LogP contribution in [0.5, 0.6) is 5.75 Å². The van der Waals surface area contributed by atoms with Gasteiger partial charge in [-0.2, -0.15) is 0 Å². The maximum Gasteiger partial charge on any atom is 0.193 e. The van der Waals surface area contributed by atoms with Crippen LogP contribution >= 0.6 is 24.0 Å². The number of guanidine groups is 1. The number of nitrogens with one attached hydrogen (secondary N) is 1. The van der Waals surface area contributed by atoms with Gasteiger partial charge < -0.3 is 25.3 Å². The van der Waals surface area contributed by atoms with Crippen LogP contribution in [0.3, 0.4) is 0 Å². The van der Waals surface area contributed by atoms with Crippen LogP contribution in [-0.2, 0) is 9.47 Å². The average Bonchev–Trinajstić information content (AvgIpc) is 2.84. The molecule has 3 N–H and O–H groups in total. The summed E-state index contributed by atoms with van der Waals surface area (Å²) in [6.07, 6.45) is 6.86. The van der Waals surface area contributed by atoms with Gasteiger partial charge in [0.1, 0.15) is 11.9 Å². The third-order valence-electron chi connectivity index (χ3n) is 4.59. The lowest BCUT2D eigenvalue weighted by atomic mass is 10.1. The van der Waals surface area contributed by atoms with Crippen LogP contribution in [0.25, 0.3) is 0 Å². The van der Waals surface area contributed by atoms with Crippen molar-refractivity contribution in [3.8, 4) is 5.75 Å². The maximum atomic E-state index is 6.17. The number of nitrogens with zero attached hydrogens (tertiary/aromatic N) is 1. The van der Waals surface area contributed by atoms with E-state index in [0.717, 1.165) is 24.3 Å². The molecule has 1 aromatic rings. The predicted molar refractivity (Wildman–Crippen MR) is 110 cm³/mol. The number of aliphatic imine (C=N–C) groups is 1. The quantitative estimate of drug-likeness (QED) is 0.408. The van der Waals surface area contributed by atoms with Gasteiger partial charge in [-0.05, 0) is 25.0 Å². The van der Waals surface area contributed by atoms with Gasteiger partial charge in [-0.25, -0.2) is 0 Å². The van der Waals surface area contributed by atoms with Crippen LogP contribution in [0.2, 0.25) is 0 Å². The summed E-state index contributed by atoms with van der Waals surface area (Å²) in [4.78, 5) is 4.40. The molecule has 140 valence electrons. The number of benzene rings is 1. The fraction of sp³-hybridized carbons (Fsp3) is 0.611. The first kappa shape index (κ1) is 20.3. The molecule has 2 fully saturated rings. The lowest BCUT2D eigenvalue weighted by molar-refractivity contribution is -0.174. The van der Waals surface area contributed by atoms with E-state index in [1.165, 1.54) is 25.7 Å². The standard InChI is InChI=1S/C18H27N3O3.HI/c1-22-15-8-6-7-14(11-15)21-17(19)20-12-16-13-23-18(24-16)9-4-2-3-5-10-18;/h6-8,11,16H,2-5,9-10,12-13H2,1H3,(H3,19,20,21);1H. The number of anilines is 1. The molecular weight excluding hydrogens is 433 g/mol. The van der Waals surface area contributed by atoms with Crippen LogP contribution in [0.1, 0.15) is 38.5 Å². The Kier molecular flexibility index (Phi) is 7.77. The van der Waals surface area contributed by atoms with Gasteiger partial charge in [0.25, 0.3) is 0 Å². The molecule has 1 atom stereocenters. The summed E-state index contributed by atoms with van der Waals surface area (Å²) >= 11 is 0. The van der Waals surface area contributed by atoms with E-state index in [1.54, 1.807) is 7.11 Å². The molecule has 1 aliphatic heterocycles. The Morgan fingerprint density at radius 3 is 2.80 bits per heavy atom. The van der Waals surface area contributed by atoms with Gasteiger partial charge in [-0.1, -0.05) is 18.9 Å². The summed E-state index contributed by atoms with van der Waals surface area (Å²) in [5, 5.41) is 3.07. The van der Waals surface area contributed by atoms with Crippen LogP contribution in [0.4, 0.5) is 5.69 Å². The zero-order valence-corrected chi connectivity index (χ0v) is 17.0. The van der Waals surface area contributed by atoms with Crippen molar-refractivity contribution >= 4 is 35.6 Å². The molecule has 0 bridgehead atoms. The number of methoxy groups -OCH3 is 1. The van der Waals surface area contributed by atoms with E-state index in [9.17, 15) is 0 Å². The van der Waals surface area contributed by atoms with E-state index >= 15 is 0 Å². The fourth-order valence-electron chi connectivity index (χ4n) is 3.32. The van der Waals surface area contributed by atoms with E-state index in [-0.39, 0.29) is 35.9 Å². The number of halogens is 1. The molecular formula is C18H28IN3O3. The van der Waals surface area contributed by atoms with Gasteiger partial charge in [0, 0.05) is 24.6 Å². The Balaban J connectivity index is 0.00000225. The van der Waals surface area contributed by atoms with E-state index in [2.05, 4.69) is 10.3 Å². The first-order valence-corrected chi connectivity index (χ1v) is 8.72. The molecule has 1 spiro atoms. The Morgan fingerprint density at radius 1 is 1.32 bits per heavy atom. The Hall–Kier alpha value is -1.06. The Labute approximate surface area is 166 Å². The minimum Gasteiger partial charge on any atom is -0.497 e. The van der Waals surface area contributed by atoms with Crippen LogP contribution in [-0.4, -0.2) is 38.1 Å². The van der Waals surface area contributed by atoms with Crippen molar-refractivity contribution in [1.82, 2.24) is 0 Å². The second-order valence-electron chi connectivity index (χ2n) is 6.46. The van der Waals surface area contributed by atoms with Crippen molar-refractivity contribution in [3.63, 3.8) is 0 Å².